The van der Waals surface area contributed by atoms with Gasteiger partial charge >= 0.3 is 0 Å². The van der Waals surface area contributed by atoms with Gasteiger partial charge in [-0.05, 0) is 68.2 Å². The maximum atomic E-state index is 7.30. The molecule has 0 atom stereocenters. The average Bonchev–Trinajstić information content (AvgIpc) is 3.54. The Bertz CT molecular complexity index is 3260. The second-order valence-corrected chi connectivity index (χ2v) is 19.0. The maximum absolute atomic E-state index is 7.30. The highest BCUT2D eigenvalue weighted by molar-refractivity contribution is 7.03. The molecule has 12 rings (SSSR count). The smallest absolute Gasteiger partial charge is 0.245 e. The summed E-state index contributed by atoms with van der Waals surface area (Å²) < 4.78 is 15.1. The molecule has 2 aromatic heterocycles. The lowest BCUT2D eigenvalue weighted by Crippen LogP contribution is -2.68. The number of aromatic nitrogens is 3. The topological polar surface area (TPSA) is 27.9 Å². The summed E-state index contributed by atoms with van der Waals surface area (Å²) in [6.07, 6.45) is 0. The van der Waals surface area contributed by atoms with Crippen molar-refractivity contribution in [2.75, 3.05) is 0 Å². The number of hydrogen-bond acceptors (Lipinski definition) is 1. The normalized spacial score (nSPS) is 16.3. The second-order valence-electron chi connectivity index (χ2n) is 19.0. The van der Waals surface area contributed by atoms with Gasteiger partial charge in [-0.25, -0.2) is 0 Å². The van der Waals surface area contributed by atoms with Crippen LogP contribution in [0, 0.1) is 0 Å². The number of para-hydroxylation sites is 3. The van der Waals surface area contributed by atoms with E-state index in [2.05, 4.69) is 208 Å². The van der Waals surface area contributed by atoms with Gasteiger partial charge in [0.25, 0.3) is 0 Å². The molecule has 0 fully saturated rings. The molecule has 0 amide bonds. The van der Waals surface area contributed by atoms with E-state index in [0.717, 1.165) is 27.9 Å². The van der Waals surface area contributed by atoms with Crippen molar-refractivity contribution in [2.45, 2.75) is 64.7 Å². The van der Waals surface area contributed by atoms with Crippen molar-refractivity contribution in [1.29, 1.82) is 0 Å². The Labute approximate surface area is 340 Å². The Morgan fingerprint density at radius 2 is 0.983 bits per heavy atom. The Morgan fingerprint density at radius 1 is 0.517 bits per heavy atom. The summed E-state index contributed by atoms with van der Waals surface area (Å²) in [5.74, 6) is 0. The van der Waals surface area contributed by atoms with Gasteiger partial charge in [0, 0.05) is 21.9 Å². The number of nitrogens with zero attached hydrogens (tertiary/aromatic N) is 3. The maximum Gasteiger partial charge on any atom is 0.245 e. The van der Waals surface area contributed by atoms with Crippen LogP contribution in [0.2, 0.25) is 0 Å². The molecule has 0 unspecified atom stereocenters. The number of furan rings is 1. The molecular formula is C52H45B2N3O. The quantitative estimate of drug-likeness (QED) is 0.168. The van der Waals surface area contributed by atoms with Crippen molar-refractivity contribution in [3.63, 3.8) is 0 Å². The van der Waals surface area contributed by atoms with E-state index in [-0.39, 0.29) is 29.7 Å². The van der Waals surface area contributed by atoms with Gasteiger partial charge in [0.1, 0.15) is 22.1 Å². The van der Waals surface area contributed by atoms with Crippen LogP contribution in [0.3, 0.4) is 0 Å². The van der Waals surface area contributed by atoms with Crippen molar-refractivity contribution < 1.29 is 4.42 Å². The van der Waals surface area contributed by atoms with Gasteiger partial charge in [-0.15, -0.1) is 0 Å². The molecular weight excluding hydrogens is 704 g/mol. The summed E-state index contributed by atoms with van der Waals surface area (Å²) in [5.41, 5.74) is 20.2. The summed E-state index contributed by atoms with van der Waals surface area (Å²) in [5, 5.41) is 1.10. The van der Waals surface area contributed by atoms with Crippen molar-refractivity contribution in [2.24, 2.45) is 0 Å². The third kappa shape index (κ3) is 4.18. The Hall–Kier alpha value is -6.13. The van der Waals surface area contributed by atoms with E-state index in [1.54, 1.807) is 0 Å². The molecule has 58 heavy (non-hydrogen) atoms. The van der Waals surface area contributed by atoms with Crippen molar-refractivity contribution in [1.82, 2.24) is 13.7 Å². The molecule has 0 saturated carbocycles. The highest BCUT2D eigenvalue weighted by atomic mass is 16.3. The molecule has 0 radical (unpaired) electrons. The zero-order valence-electron chi connectivity index (χ0n) is 34.3. The lowest BCUT2D eigenvalue weighted by molar-refractivity contribution is 0.590. The first-order chi connectivity index (χ1) is 28.0. The van der Waals surface area contributed by atoms with Gasteiger partial charge in [-0.3, -0.25) is 13.7 Å². The molecule has 0 spiro atoms. The molecule has 280 valence electrons. The van der Waals surface area contributed by atoms with E-state index in [0.29, 0.717) is 0 Å². The minimum atomic E-state index is -0.348. The van der Waals surface area contributed by atoms with Gasteiger partial charge in [-0.1, -0.05) is 181 Å². The first kappa shape index (κ1) is 34.0. The van der Waals surface area contributed by atoms with Crippen LogP contribution >= 0.6 is 0 Å². The zero-order valence-corrected chi connectivity index (χ0v) is 34.3. The summed E-state index contributed by atoms with van der Waals surface area (Å²) in [6, 6.07) is 54.5. The van der Waals surface area contributed by atoms with E-state index in [1.165, 1.54) is 71.8 Å². The van der Waals surface area contributed by atoms with E-state index >= 15 is 0 Å². The molecule has 6 heterocycles. The Morgan fingerprint density at radius 3 is 1.53 bits per heavy atom. The van der Waals surface area contributed by atoms with Gasteiger partial charge in [-0.2, -0.15) is 0 Å². The van der Waals surface area contributed by atoms with Crippen LogP contribution < -0.4 is 32.8 Å². The first-order valence-electron chi connectivity index (χ1n) is 20.9. The zero-order chi connectivity index (χ0) is 39.5. The van der Waals surface area contributed by atoms with Crippen LogP contribution in [-0.2, 0) is 16.2 Å². The van der Waals surface area contributed by atoms with Crippen molar-refractivity contribution in [3.05, 3.63) is 173 Å². The van der Waals surface area contributed by atoms with Gasteiger partial charge in [0.2, 0.25) is 19.1 Å². The van der Waals surface area contributed by atoms with Crippen molar-refractivity contribution >= 4 is 68.4 Å². The minimum absolute atomic E-state index is 0.00928. The molecule has 6 heteroatoms. The molecule has 0 aliphatic carbocycles. The number of hydrogen-bond donors (Lipinski definition) is 0. The first-order valence-corrected chi connectivity index (χ1v) is 20.9. The van der Waals surface area contributed by atoms with E-state index in [4.69, 9.17) is 4.42 Å². The monoisotopic (exact) mass is 749 g/mol. The summed E-state index contributed by atoms with van der Waals surface area (Å²) in [4.78, 5) is 0. The SMILES string of the molecule is CC(C)(C)c1cc2c3c(c1)B(c1ccccc1)C1=c4n-3c3n(c5oc6ccccc6c5n4-c4ccccc4C1(C)C)-c1ccccc1C(C)(C)C=3B2c1ccccc1. The highest BCUT2D eigenvalue weighted by Crippen LogP contribution is 2.46. The molecule has 4 aliphatic heterocycles. The fourth-order valence-corrected chi connectivity index (χ4v) is 11.4. The number of rotatable bonds is 2. The molecule has 6 aromatic carbocycles. The van der Waals surface area contributed by atoms with Crippen LogP contribution in [0.15, 0.2) is 150 Å². The van der Waals surface area contributed by atoms with Gasteiger partial charge in [0.15, 0.2) is 0 Å². The number of fused-ring (bicyclic) bond motifs is 9. The predicted molar refractivity (Wildman–Crippen MR) is 243 cm³/mol. The molecule has 0 saturated heterocycles. The van der Waals surface area contributed by atoms with Gasteiger partial charge < -0.3 is 4.42 Å². The highest BCUT2D eigenvalue weighted by Gasteiger charge is 2.51. The standard InChI is InChI=1S/C52H45B2N3O/c1-50(2,3)32-30-38-44-39(31-32)54(34-22-12-9-13-23-34)46-48-56(41-28-18-16-26-37(41)52(46,6)7)49-43(35-24-14-19-29-42(35)58-49)55-40-27-17-15-25-36(40)51(4,5)45(47(55)57(44)48)53(38)33-20-10-8-11-21-33/h8-31H,1-7H3. The van der Waals surface area contributed by atoms with Crippen LogP contribution in [0.4, 0.5) is 0 Å². The van der Waals surface area contributed by atoms with E-state index in [9.17, 15) is 0 Å². The van der Waals surface area contributed by atoms with Crippen LogP contribution in [0.1, 0.15) is 65.2 Å². The molecule has 8 aromatic rings. The summed E-state index contributed by atoms with van der Waals surface area (Å²) in [7, 11) is 0. The third-order valence-electron chi connectivity index (χ3n) is 14.0. The minimum Gasteiger partial charge on any atom is -0.437 e. The van der Waals surface area contributed by atoms with E-state index in [1.807, 2.05) is 0 Å². The fraction of sp³-hybridized carbons (Fsp3) is 0.192. The number of benzene rings is 6. The predicted octanol–water partition coefficient (Wildman–Crippen LogP) is 7.59. The third-order valence-corrected chi connectivity index (χ3v) is 14.0. The second kappa shape index (κ2) is 11.3. The van der Waals surface area contributed by atoms with Gasteiger partial charge in [0.05, 0.1) is 11.4 Å². The summed E-state index contributed by atoms with van der Waals surface area (Å²) in [6.45, 7) is 16.9. The molecule has 4 nitrogen and oxygen atoms in total. The molecule has 0 N–H and O–H groups in total. The molecule has 0 bridgehead atoms. The lowest BCUT2D eigenvalue weighted by Gasteiger charge is -2.46. The van der Waals surface area contributed by atoms with E-state index < -0.39 is 0 Å². The largest absolute Gasteiger partial charge is 0.437 e. The lowest BCUT2D eigenvalue weighted by atomic mass is 9.27. The molecule has 4 aliphatic rings. The summed E-state index contributed by atoms with van der Waals surface area (Å²) >= 11 is 0. The Balaban J connectivity index is 1.50. The Kier molecular flexibility index (Phi) is 6.61. The fourth-order valence-electron chi connectivity index (χ4n) is 11.4. The van der Waals surface area contributed by atoms with Crippen molar-refractivity contribution in [3.8, 4) is 17.1 Å². The van der Waals surface area contributed by atoms with Crippen LogP contribution in [0.25, 0.3) is 50.2 Å². The van der Waals surface area contributed by atoms with Crippen LogP contribution in [-0.4, -0.2) is 27.1 Å². The average molecular weight is 750 g/mol. The van der Waals surface area contributed by atoms with Crippen LogP contribution in [0.5, 0.6) is 0 Å².